The molecule has 0 aliphatic heterocycles. The Balaban J connectivity index is -0.000000407. The van der Waals surface area contributed by atoms with Crippen LogP contribution >= 0.6 is 15.9 Å². The van der Waals surface area contributed by atoms with Crippen molar-refractivity contribution in [1.29, 1.82) is 0 Å². The van der Waals surface area contributed by atoms with Crippen molar-refractivity contribution in [2.24, 2.45) is 10.8 Å². The van der Waals surface area contributed by atoms with Crippen LogP contribution < -0.4 is 51.4 Å². The van der Waals surface area contributed by atoms with E-state index in [1.165, 1.54) is 30.4 Å². The van der Waals surface area contributed by atoms with Gasteiger partial charge in [-0.1, -0.05) is 81.5 Å². The molecule has 3 nitrogen and oxygen atoms in total. The van der Waals surface area contributed by atoms with Crippen molar-refractivity contribution in [2.75, 3.05) is 5.33 Å². The SMILES string of the molecule is CC1=CC(=O)CC(C)(C)C1.CCCCBr.CCCCC1=C(C)CC(C)(C)CC1=O.[K+].[OH-]. The van der Waals surface area contributed by atoms with Gasteiger partial charge in [-0.05, 0) is 68.4 Å². The summed E-state index contributed by atoms with van der Waals surface area (Å²) in [6.45, 7) is 17.2. The molecular formula is C26H46BrKO3. The average molecular weight is 526 g/mol. The first kappa shape index (κ1) is 36.5. The van der Waals surface area contributed by atoms with E-state index >= 15 is 0 Å². The zero-order chi connectivity index (χ0) is 22.7. The van der Waals surface area contributed by atoms with Crippen molar-refractivity contribution in [3.8, 4) is 0 Å². The van der Waals surface area contributed by atoms with Crippen molar-refractivity contribution in [1.82, 2.24) is 0 Å². The Morgan fingerprint density at radius 2 is 1.39 bits per heavy atom. The first-order chi connectivity index (χ1) is 13.4. The summed E-state index contributed by atoms with van der Waals surface area (Å²) in [4.78, 5) is 22.9. The predicted molar refractivity (Wildman–Crippen MR) is 133 cm³/mol. The van der Waals surface area contributed by atoms with E-state index in [2.05, 4.69) is 64.4 Å². The molecule has 0 saturated heterocycles. The minimum absolute atomic E-state index is 0. The van der Waals surface area contributed by atoms with Gasteiger partial charge in [0.25, 0.3) is 0 Å². The topological polar surface area (TPSA) is 64.1 Å². The average Bonchev–Trinajstić information content (AvgIpc) is 2.52. The standard InChI is InChI=1S/C13H22O.C9H14O.C4H9Br.K.H2O/c1-5-6-7-11-10(2)8-13(3,4)9-12(11)14;1-7-4-8(10)6-9(2,3)5-7;1-2-3-4-5;;/h5-9H2,1-4H3;4H,5-6H2,1-3H3;2-4H2,1H3;;1H2/q;;;+1;/p-1. The van der Waals surface area contributed by atoms with E-state index in [-0.39, 0.29) is 73.5 Å². The molecule has 0 aromatic heterocycles. The van der Waals surface area contributed by atoms with Crippen molar-refractivity contribution in [2.45, 2.75) is 113 Å². The van der Waals surface area contributed by atoms with Gasteiger partial charge in [0.15, 0.2) is 11.6 Å². The predicted octanol–water partition coefficient (Wildman–Crippen LogP) is 5.21. The quantitative estimate of drug-likeness (QED) is 0.366. The van der Waals surface area contributed by atoms with E-state index in [9.17, 15) is 9.59 Å². The van der Waals surface area contributed by atoms with Gasteiger partial charge < -0.3 is 5.48 Å². The zero-order valence-corrected chi connectivity index (χ0v) is 26.5. The maximum Gasteiger partial charge on any atom is 1.00 e. The molecule has 2 rings (SSSR count). The number of Topliss-reactive ketones (excluding diaryl/α,β-unsaturated/α-hetero) is 1. The van der Waals surface area contributed by atoms with Crippen LogP contribution in [0.4, 0.5) is 0 Å². The minimum Gasteiger partial charge on any atom is -0.870 e. The molecule has 176 valence electrons. The van der Waals surface area contributed by atoms with Crippen molar-refractivity contribution < 1.29 is 66.4 Å². The second-order valence-electron chi connectivity index (χ2n) is 10.3. The van der Waals surface area contributed by atoms with Crippen LogP contribution in [0.3, 0.4) is 0 Å². The molecule has 0 aromatic carbocycles. The van der Waals surface area contributed by atoms with Gasteiger partial charge in [-0.15, -0.1) is 0 Å². The smallest absolute Gasteiger partial charge is 0.870 e. The molecule has 0 aromatic rings. The van der Waals surface area contributed by atoms with Crippen LogP contribution in [0.5, 0.6) is 0 Å². The molecule has 2 aliphatic rings. The summed E-state index contributed by atoms with van der Waals surface area (Å²) < 4.78 is 0. The van der Waals surface area contributed by atoms with Crippen molar-refractivity contribution >= 4 is 27.5 Å². The monoisotopic (exact) mass is 524 g/mol. The molecule has 0 fully saturated rings. The van der Waals surface area contributed by atoms with E-state index in [0.717, 1.165) is 43.0 Å². The third-order valence-corrected chi connectivity index (χ3v) is 5.88. The number of rotatable bonds is 5. The molecule has 2 aliphatic carbocycles. The Morgan fingerprint density at radius 1 is 0.871 bits per heavy atom. The van der Waals surface area contributed by atoms with Crippen LogP contribution in [-0.4, -0.2) is 22.4 Å². The van der Waals surface area contributed by atoms with E-state index in [1.807, 2.05) is 6.92 Å². The number of alkyl halides is 1. The number of halogens is 1. The number of ketones is 2. The molecule has 0 radical (unpaired) electrons. The summed E-state index contributed by atoms with van der Waals surface area (Å²) in [6, 6.07) is 0. The number of hydrogen-bond donors (Lipinski definition) is 0. The third kappa shape index (κ3) is 17.1. The normalized spacial score (nSPS) is 18.9. The fourth-order valence-electron chi connectivity index (χ4n) is 4.17. The molecule has 0 amide bonds. The van der Waals surface area contributed by atoms with Crippen molar-refractivity contribution in [3.63, 3.8) is 0 Å². The second-order valence-corrected chi connectivity index (χ2v) is 11.1. The zero-order valence-electron chi connectivity index (χ0n) is 21.8. The van der Waals surface area contributed by atoms with Crippen LogP contribution in [0.2, 0.25) is 0 Å². The number of hydrogen-bond acceptors (Lipinski definition) is 3. The fraction of sp³-hybridized carbons (Fsp3) is 0.769. The number of allylic oxidation sites excluding steroid dienone is 4. The molecule has 0 spiro atoms. The van der Waals surface area contributed by atoms with Gasteiger partial charge in [-0.25, -0.2) is 0 Å². The van der Waals surface area contributed by atoms with Gasteiger partial charge in [-0.2, -0.15) is 0 Å². The van der Waals surface area contributed by atoms with Crippen LogP contribution in [0, 0.1) is 10.8 Å². The van der Waals surface area contributed by atoms with Crippen LogP contribution in [0.25, 0.3) is 0 Å². The molecule has 0 heterocycles. The van der Waals surface area contributed by atoms with E-state index in [0.29, 0.717) is 12.2 Å². The Hall–Kier alpha value is 0.896. The first-order valence-electron chi connectivity index (χ1n) is 11.3. The van der Waals surface area contributed by atoms with Gasteiger partial charge in [-0.3, -0.25) is 9.59 Å². The minimum atomic E-state index is 0. The number of carbonyl (C=O) groups is 2. The second kappa shape index (κ2) is 18.3. The van der Waals surface area contributed by atoms with Crippen LogP contribution in [0.1, 0.15) is 113 Å². The van der Waals surface area contributed by atoms with E-state index in [1.54, 1.807) is 6.08 Å². The molecular weight excluding hydrogens is 479 g/mol. The maximum absolute atomic E-state index is 11.9. The Labute approximate surface area is 243 Å². The van der Waals surface area contributed by atoms with Gasteiger partial charge in [0, 0.05) is 18.2 Å². The molecule has 1 N–H and O–H groups in total. The number of carbonyl (C=O) groups excluding carboxylic acids is 2. The fourth-order valence-corrected chi connectivity index (χ4v) is 4.73. The summed E-state index contributed by atoms with van der Waals surface area (Å²) >= 11 is 3.31. The van der Waals surface area contributed by atoms with Gasteiger partial charge >= 0.3 is 51.4 Å². The molecule has 0 atom stereocenters. The molecule has 0 saturated carbocycles. The van der Waals surface area contributed by atoms with Gasteiger partial charge in [0.2, 0.25) is 0 Å². The molecule has 0 bridgehead atoms. The first-order valence-corrected chi connectivity index (χ1v) is 12.5. The summed E-state index contributed by atoms with van der Waals surface area (Å²) in [7, 11) is 0. The largest absolute Gasteiger partial charge is 1.00 e. The molecule has 0 unspecified atom stereocenters. The van der Waals surface area contributed by atoms with Gasteiger partial charge in [0.05, 0.1) is 0 Å². The maximum atomic E-state index is 11.9. The molecule has 5 heteroatoms. The Kier molecular flexibility index (Phi) is 21.5. The Morgan fingerprint density at radius 3 is 1.74 bits per heavy atom. The van der Waals surface area contributed by atoms with Crippen LogP contribution in [0.15, 0.2) is 22.8 Å². The van der Waals surface area contributed by atoms with Gasteiger partial charge in [0.1, 0.15) is 0 Å². The summed E-state index contributed by atoms with van der Waals surface area (Å²) in [6.07, 6.45) is 11.3. The summed E-state index contributed by atoms with van der Waals surface area (Å²) in [5, 5.41) is 1.16. The van der Waals surface area contributed by atoms with E-state index in [4.69, 9.17) is 0 Å². The van der Waals surface area contributed by atoms with E-state index < -0.39 is 0 Å². The molecule has 31 heavy (non-hydrogen) atoms. The third-order valence-electron chi connectivity index (χ3n) is 5.32. The van der Waals surface area contributed by atoms with Crippen LogP contribution in [-0.2, 0) is 9.59 Å². The number of unbranched alkanes of at least 4 members (excludes halogenated alkanes) is 2. The van der Waals surface area contributed by atoms with Crippen molar-refractivity contribution in [3.05, 3.63) is 22.8 Å². The summed E-state index contributed by atoms with van der Waals surface area (Å²) in [5.41, 5.74) is 4.08. The summed E-state index contributed by atoms with van der Waals surface area (Å²) in [5.74, 6) is 0.681. The Bertz CT molecular complexity index is 602.